The minimum atomic E-state index is -0.515. The lowest BCUT2D eigenvalue weighted by molar-refractivity contribution is 0.0606. The number of carbonyl (C=O) groups is 1. The van der Waals surface area contributed by atoms with E-state index in [-0.39, 0.29) is 22.6 Å². The summed E-state index contributed by atoms with van der Waals surface area (Å²) in [5.41, 5.74) is 0.387. The van der Waals surface area contributed by atoms with E-state index in [1.807, 2.05) is 11.0 Å². The maximum atomic E-state index is 12.9. The Morgan fingerprint density at radius 2 is 2.03 bits per heavy atom. The molecule has 1 aliphatic rings. The molecule has 4 rings (SSSR count). The lowest BCUT2D eigenvalue weighted by Crippen LogP contribution is -2.43. The van der Waals surface area contributed by atoms with Gasteiger partial charge in [0.25, 0.3) is 5.56 Å². The Kier molecular flexibility index (Phi) is 4.71. The van der Waals surface area contributed by atoms with Gasteiger partial charge in [-0.1, -0.05) is 11.3 Å². The number of methoxy groups -OCH3 is 1. The van der Waals surface area contributed by atoms with Crippen LogP contribution in [0, 0.1) is 18.3 Å². The molecule has 0 radical (unpaired) electrons. The Balaban J connectivity index is 1.59. The summed E-state index contributed by atoms with van der Waals surface area (Å²) < 4.78 is 5.94. The van der Waals surface area contributed by atoms with E-state index in [0.29, 0.717) is 41.6 Å². The van der Waals surface area contributed by atoms with Crippen LogP contribution in [0.25, 0.3) is 11.0 Å². The van der Waals surface area contributed by atoms with Gasteiger partial charge in [0, 0.05) is 24.8 Å². The van der Waals surface area contributed by atoms with E-state index in [1.165, 1.54) is 29.2 Å². The Hall–Kier alpha value is -3.39. The highest BCUT2D eigenvalue weighted by Crippen LogP contribution is 2.29. The number of nitriles is 1. The van der Waals surface area contributed by atoms with Crippen LogP contribution in [0.3, 0.4) is 0 Å². The Bertz CT molecular complexity index is 1250. The zero-order valence-electron chi connectivity index (χ0n) is 15.8. The molecule has 0 aliphatic carbocycles. The summed E-state index contributed by atoms with van der Waals surface area (Å²) in [6.07, 6.45) is 2.64. The molecule has 0 unspecified atom stereocenters. The van der Waals surface area contributed by atoms with Gasteiger partial charge in [-0.05, 0) is 19.8 Å². The van der Waals surface area contributed by atoms with Crippen molar-refractivity contribution in [3.63, 3.8) is 0 Å². The van der Waals surface area contributed by atoms with Crippen molar-refractivity contribution in [3.05, 3.63) is 43.2 Å². The van der Waals surface area contributed by atoms with Gasteiger partial charge in [-0.15, -0.1) is 0 Å². The average Bonchev–Trinajstić information content (AvgIpc) is 3.32. The molecule has 0 bridgehead atoms. The van der Waals surface area contributed by atoms with Gasteiger partial charge in [-0.25, -0.2) is 14.6 Å². The molecule has 0 atom stereocenters. The highest BCUT2D eigenvalue weighted by molar-refractivity contribution is 7.17. The van der Waals surface area contributed by atoms with Crippen molar-refractivity contribution in [2.75, 3.05) is 25.1 Å². The van der Waals surface area contributed by atoms with Gasteiger partial charge in [0.1, 0.15) is 16.5 Å². The smallest absolute Gasteiger partial charge is 0.349 e. The van der Waals surface area contributed by atoms with E-state index in [2.05, 4.69) is 15.0 Å². The van der Waals surface area contributed by atoms with Crippen LogP contribution < -0.4 is 16.1 Å². The molecule has 150 valence electrons. The number of thiazole rings is 1. The van der Waals surface area contributed by atoms with Gasteiger partial charge in [-0.2, -0.15) is 5.26 Å². The molecule has 10 nitrogen and oxygen atoms in total. The number of anilines is 1. The third kappa shape index (κ3) is 3.11. The van der Waals surface area contributed by atoms with Crippen molar-refractivity contribution in [3.8, 4) is 6.07 Å². The molecule has 4 heterocycles. The summed E-state index contributed by atoms with van der Waals surface area (Å²) in [5, 5.41) is 9.96. The number of aromatic amines is 2. The zero-order valence-corrected chi connectivity index (χ0v) is 16.6. The summed E-state index contributed by atoms with van der Waals surface area (Å²) in [5.74, 6) is -0.423. The van der Waals surface area contributed by atoms with Gasteiger partial charge < -0.3 is 19.6 Å². The molecule has 1 aliphatic heterocycles. The van der Waals surface area contributed by atoms with Crippen LogP contribution in [0.4, 0.5) is 5.13 Å². The highest BCUT2D eigenvalue weighted by Gasteiger charge is 2.27. The number of rotatable bonds is 3. The Morgan fingerprint density at radius 3 is 2.69 bits per heavy atom. The molecule has 3 aromatic heterocycles. The number of aryl methyl sites for hydroxylation is 1. The van der Waals surface area contributed by atoms with E-state index in [0.717, 1.165) is 0 Å². The Labute approximate surface area is 168 Å². The molecule has 0 amide bonds. The van der Waals surface area contributed by atoms with Gasteiger partial charge in [-0.3, -0.25) is 9.36 Å². The van der Waals surface area contributed by atoms with Crippen LogP contribution in [0.2, 0.25) is 0 Å². The number of fused-ring (bicyclic) bond motifs is 1. The molecule has 29 heavy (non-hydrogen) atoms. The number of hydrogen-bond acceptors (Lipinski definition) is 8. The molecule has 2 N–H and O–H groups in total. The summed E-state index contributed by atoms with van der Waals surface area (Å²) in [6.45, 7) is 2.88. The van der Waals surface area contributed by atoms with Crippen LogP contribution in [0.5, 0.6) is 0 Å². The van der Waals surface area contributed by atoms with Crippen LogP contribution in [0.15, 0.2) is 15.8 Å². The number of hydrogen-bond donors (Lipinski definition) is 2. The minimum absolute atomic E-state index is 0.240. The predicted molar refractivity (Wildman–Crippen MR) is 107 cm³/mol. The molecule has 3 aromatic rings. The molecule has 1 saturated heterocycles. The van der Waals surface area contributed by atoms with Crippen LogP contribution in [-0.2, 0) is 4.74 Å². The monoisotopic (exact) mass is 414 g/mol. The van der Waals surface area contributed by atoms with Crippen molar-refractivity contribution in [2.24, 2.45) is 0 Å². The molecule has 0 spiro atoms. The third-order valence-electron chi connectivity index (χ3n) is 5.16. The van der Waals surface area contributed by atoms with Crippen molar-refractivity contribution in [1.82, 2.24) is 19.5 Å². The quantitative estimate of drug-likeness (QED) is 0.616. The van der Waals surface area contributed by atoms with E-state index in [4.69, 9.17) is 4.74 Å². The number of nitrogens with zero attached hydrogens (tertiary/aromatic N) is 4. The predicted octanol–water partition coefficient (Wildman–Crippen LogP) is 1.28. The van der Waals surface area contributed by atoms with Crippen molar-refractivity contribution < 1.29 is 9.53 Å². The second-order valence-corrected chi connectivity index (χ2v) is 7.82. The fraction of sp³-hybridized carbons (Fsp3) is 0.389. The second-order valence-electron chi connectivity index (χ2n) is 6.81. The number of H-pyrrole nitrogens is 2. The van der Waals surface area contributed by atoms with Crippen LogP contribution in [-0.4, -0.2) is 45.7 Å². The Morgan fingerprint density at radius 1 is 1.31 bits per heavy atom. The molecule has 0 saturated carbocycles. The molecular formula is C18H18N6O4S. The van der Waals surface area contributed by atoms with E-state index >= 15 is 0 Å². The van der Waals surface area contributed by atoms with Gasteiger partial charge in [0.2, 0.25) is 0 Å². The topological polar surface area (TPSA) is 137 Å². The lowest BCUT2D eigenvalue weighted by atomic mass is 10.1. The standard InChI is InChI=1S/C18H18N6O4S/c1-9-11(7-19)13-14(21-9)15(25)24(17(27)22-13)10-3-5-23(6-4-10)18-20-8-12(29-18)16(26)28-2/h8,10,21H,3-6H2,1-2H3,(H,22,27). The number of aromatic nitrogens is 4. The van der Waals surface area contributed by atoms with Gasteiger partial charge in [0.15, 0.2) is 5.13 Å². The fourth-order valence-corrected chi connectivity index (χ4v) is 4.57. The highest BCUT2D eigenvalue weighted by atomic mass is 32.1. The first-order valence-corrected chi connectivity index (χ1v) is 9.82. The number of piperidine rings is 1. The second kappa shape index (κ2) is 7.21. The molecular weight excluding hydrogens is 396 g/mol. The van der Waals surface area contributed by atoms with Gasteiger partial charge >= 0.3 is 11.7 Å². The van der Waals surface area contributed by atoms with Crippen molar-refractivity contribution in [2.45, 2.75) is 25.8 Å². The number of ether oxygens (including phenoxy) is 1. The van der Waals surface area contributed by atoms with Crippen LogP contribution in [0.1, 0.15) is 39.8 Å². The third-order valence-corrected chi connectivity index (χ3v) is 6.20. The summed E-state index contributed by atoms with van der Waals surface area (Å²) >= 11 is 1.25. The average molecular weight is 414 g/mol. The summed E-state index contributed by atoms with van der Waals surface area (Å²) in [6, 6.07) is 1.75. The van der Waals surface area contributed by atoms with E-state index in [9.17, 15) is 19.6 Å². The maximum Gasteiger partial charge on any atom is 0.349 e. The first-order valence-electron chi connectivity index (χ1n) is 9.01. The number of nitrogens with one attached hydrogen (secondary N) is 2. The SMILES string of the molecule is COC(=O)c1cnc(N2CCC(n3c(=O)[nH]c4c(C#N)c(C)[nH]c4c3=O)CC2)s1. The van der Waals surface area contributed by atoms with Crippen LogP contribution >= 0.6 is 11.3 Å². The molecule has 11 heteroatoms. The van der Waals surface area contributed by atoms with E-state index < -0.39 is 17.2 Å². The van der Waals surface area contributed by atoms with Gasteiger partial charge in [0.05, 0.1) is 24.4 Å². The summed E-state index contributed by atoms with van der Waals surface area (Å²) in [4.78, 5) is 49.5. The molecule has 1 fully saturated rings. The largest absolute Gasteiger partial charge is 0.465 e. The minimum Gasteiger partial charge on any atom is -0.465 e. The number of carbonyl (C=O) groups excluding carboxylic acids is 1. The number of esters is 1. The van der Waals surface area contributed by atoms with Crippen molar-refractivity contribution in [1.29, 1.82) is 5.26 Å². The zero-order chi connectivity index (χ0) is 20.7. The molecule has 0 aromatic carbocycles. The maximum absolute atomic E-state index is 12.9. The van der Waals surface area contributed by atoms with Crippen molar-refractivity contribution >= 4 is 33.5 Å². The lowest BCUT2D eigenvalue weighted by Gasteiger charge is -2.32. The van der Waals surface area contributed by atoms with E-state index in [1.54, 1.807) is 6.92 Å². The first kappa shape index (κ1) is 18.9. The summed E-state index contributed by atoms with van der Waals surface area (Å²) in [7, 11) is 1.32. The fourth-order valence-electron chi connectivity index (χ4n) is 3.68. The first-order chi connectivity index (χ1) is 13.9. The normalized spacial score (nSPS) is 14.9.